The first kappa shape index (κ1) is 23.7. The summed E-state index contributed by atoms with van der Waals surface area (Å²) in [5.74, 6) is 0.0412. The van der Waals surface area contributed by atoms with Crippen molar-refractivity contribution in [2.45, 2.75) is 44.9 Å². The van der Waals surface area contributed by atoms with Crippen molar-refractivity contribution in [3.63, 3.8) is 0 Å². The Labute approximate surface area is 207 Å². The van der Waals surface area contributed by atoms with Gasteiger partial charge in [-0.25, -0.2) is 0 Å². The monoisotopic (exact) mass is 473 g/mol. The van der Waals surface area contributed by atoms with Gasteiger partial charge >= 0.3 is 0 Å². The molecule has 3 amide bonds. The van der Waals surface area contributed by atoms with Gasteiger partial charge in [-0.05, 0) is 74.9 Å². The molecule has 3 aliphatic heterocycles. The van der Waals surface area contributed by atoms with Crippen molar-refractivity contribution in [3.8, 4) is 0 Å². The number of imide groups is 1. The highest BCUT2D eigenvalue weighted by Gasteiger charge is 2.36. The molecule has 3 aliphatic rings. The van der Waals surface area contributed by atoms with E-state index in [0.717, 1.165) is 38.0 Å². The number of rotatable bonds is 6. The number of carbonyl (C=O) groups is 3. The molecule has 6 heteroatoms. The lowest BCUT2D eigenvalue weighted by atomic mass is 9.95. The van der Waals surface area contributed by atoms with Crippen molar-refractivity contribution >= 4 is 17.7 Å². The summed E-state index contributed by atoms with van der Waals surface area (Å²) < 4.78 is 0. The van der Waals surface area contributed by atoms with Crippen LogP contribution in [-0.2, 0) is 6.42 Å². The second-order valence-corrected chi connectivity index (χ2v) is 10.2. The van der Waals surface area contributed by atoms with Crippen molar-refractivity contribution in [2.24, 2.45) is 5.92 Å². The molecule has 6 nitrogen and oxygen atoms in total. The van der Waals surface area contributed by atoms with Gasteiger partial charge in [0, 0.05) is 31.7 Å². The maximum absolute atomic E-state index is 13.2. The van der Waals surface area contributed by atoms with E-state index in [-0.39, 0.29) is 17.7 Å². The van der Waals surface area contributed by atoms with Crippen molar-refractivity contribution in [3.05, 3.63) is 70.8 Å². The van der Waals surface area contributed by atoms with Gasteiger partial charge in [0.1, 0.15) is 0 Å². The first-order valence-corrected chi connectivity index (χ1v) is 13.2. The topological polar surface area (TPSA) is 60.9 Å². The number of hydrogen-bond acceptors (Lipinski definition) is 4. The van der Waals surface area contributed by atoms with Gasteiger partial charge in [-0.1, -0.05) is 43.2 Å². The fourth-order valence-corrected chi connectivity index (χ4v) is 5.70. The average molecular weight is 474 g/mol. The molecule has 0 atom stereocenters. The van der Waals surface area contributed by atoms with E-state index >= 15 is 0 Å². The third-order valence-electron chi connectivity index (χ3n) is 7.80. The molecule has 2 aromatic rings. The van der Waals surface area contributed by atoms with E-state index < -0.39 is 0 Å². The summed E-state index contributed by atoms with van der Waals surface area (Å²) in [6, 6.07) is 14.8. The zero-order chi connectivity index (χ0) is 24.2. The molecule has 3 heterocycles. The second-order valence-electron chi connectivity index (χ2n) is 10.2. The number of piperidine rings is 1. The van der Waals surface area contributed by atoms with Gasteiger partial charge in [0.25, 0.3) is 17.7 Å². The zero-order valence-corrected chi connectivity index (χ0v) is 20.5. The van der Waals surface area contributed by atoms with Gasteiger partial charge in [-0.3, -0.25) is 19.3 Å². The van der Waals surface area contributed by atoms with Crippen LogP contribution in [0.2, 0.25) is 0 Å². The molecule has 0 aromatic heterocycles. The quantitative estimate of drug-likeness (QED) is 0.589. The Morgan fingerprint density at radius 3 is 2.20 bits per heavy atom. The molecule has 5 rings (SSSR count). The number of carbonyl (C=O) groups excluding carboxylic acids is 3. The van der Waals surface area contributed by atoms with Crippen LogP contribution in [0, 0.1) is 5.92 Å². The van der Waals surface area contributed by atoms with E-state index in [1.165, 1.54) is 43.7 Å². The van der Waals surface area contributed by atoms with Crippen LogP contribution in [0.3, 0.4) is 0 Å². The van der Waals surface area contributed by atoms with E-state index in [1.54, 1.807) is 18.2 Å². The third kappa shape index (κ3) is 5.32. The Morgan fingerprint density at radius 1 is 0.800 bits per heavy atom. The van der Waals surface area contributed by atoms with Crippen molar-refractivity contribution in [1.29, 1.82) is 0 Å². The minimum absolute atomic E-state index is 0.0380. The second kappa shape index (κ2) is 10.7. The van der Waals surface area contributed by atoms with Crippen LogP contribution < -0.4 is 0 Å². The Hall–Kier alpha value is -2.99. The fourth-order valence-electron chi connectivity index (χ4n) is 5.70. The summed E-state index contributed by atoms with van der Waals surface area (Å²) in [6.07, 6.45) is 7.98. The lowest BCUT2D eigenvalue weighted by molar-refractivity contribution is 0.0652. The zero-order valence-electron chi connectivity index (χ0n) is 20.5. The highest BCUT2D eigenvalue weighted by Crippen LogP contribution is 2.26. The highest BCUT2D eigenvalue weighted by molar-refractivity contribution is 6.22. The van der Waals surface area contributed by atoms with Crippen LogP contribution in [0.5, 0.6) is 0 Å². The smallest absolute Gasteiger partial charge is 0.261 e. The first-order chi connectivity index (χ1) is 17.1. The molecular formula is C29H35N3O3. The van der Waals surface area contributed by atoms with Gasteiger partial charge < -0.3 is 9.80 Å². The molecule has 2 saturated heterocycles. The lowest BCUT2D eigenvalue weighted by Gasteiger charge is -2.34. The lowest BCUT2D eigenvalue weighted by Crippen LogP contribution is -2.41. The molecule has 0 bridgehead atoms. The van der Waals surface area contributed by atoms with Crippen molar-refractivity contribution in [2.75, 3.05) is 39.3 Å². The number of amides is 3. The first-order valence-electron chi connectivity index (χ1n) is 13.2. The highest BCUT2D eigenvalue weighted by atomic mass is 16.2. The van der Waals surface area contributed by atoms with Gasteiger partial charge in [-0.15, -0.1) is 0 Å². The van der Waals surface area contributed by atoms with Gasteiger partial charge in [0.2, 0.25) is 0 Å². The molecule has 184 valence electrons. The fraction of sp³-hybridized carbons (Fsp3) is 0.483. The SMILES string of the molecule is O=C(c1ccc2c(c1)C(=O)N(CCc1ccccc1)C2=O)N1CCC(CN2CCCCCC2)CC1. The van der Waals surface area contributed by atoms with Crippen LogP contribution in [0.25, 0.3) is 0 Å². The number of nitrogens with zero attached hydrogens (tertiary/aromatic N) is 3. The molecule has 0 N–H and O–H groups in total. The van der Waals surface area contributed by atoms with Gasteiger partial charge in [0.05, 0.1) is 11.1 Å². The van der Waals surface area contributed by atoms with Crippen molar-refractivity contribution < 1.29 is 14.4 Å². The number of benzene rings is 2. The van der Waals surface area contributed by atoms with Crippen LogP contribution in [0.1, 0.15) is 75.2 Å². The van der Waals surface area contributed by atoms with E-state index in [0.29, 0.717) is 35.6 Å². The molecule has 2 fully saturated rings. The van der Waals surface area contributed by atoms with Gasteiger partial charge in [0.15, 0.2) is 0 Å². The van der Waals surface area contributed by atoms with E-state index in [1.807, 2.05) is 35.2 Å². The van der Waals surface area contributed by atoms with Gasteiger partial charge in [-0.2, -0.15) is 0 Å². The van der Waals surface area contributed by atoms with E-state index in [2.05, 4.69) is 4.90 Å². The summed E-state index contributed by atoms with van der Waals surface area (Å²) in [4.78, 5) is 44.9. The van der Waals surface area contributed by atoms with Crippen LogP contribution in [0.15, 0.2) is 48.5 Å². The minimum atomic E-state index is -0.299. The van der Waals surface area contributed by atoms with Crippen LogP contribution in [0.4, 0.5) is 0 Å². The normalized spacial score (nSPS) is 19.7. The summed E-state index contributed by atoms with van der Waals surface area (Å²) >= 11 is 0. The van der Waals surface area contributed by atoms with Crippen LogP contribution in [-0.4, -0.2) is 71.7 Å². The molecule has 0 saturated carbocycles. The Balaban J connectivity index is 1.18. The molecule has 2 aromatic carbocycles. The van der Waals surface area contributed by atoms with Crippen molar-refractivity contribution in [1.82, 2.24) is 14.7 Å². The van der Waals surface area contributed by atoms with E-state index in [4.69, 9.17) is 0 Å². The van der Waals surface area contributed by atoms with E-state index in [9.17, 15) is 14.4 Å². The number of fused-ring (bicyclic) bond motifs is 1. The standard InChI is InChI=1S/C29H35N3O3/c33-27(31-17-12-23(13-18-31)21-30-15-6-1-2-7-16-30)24-10-11-25-26(20-24)29(35)32(28(25)34)19-14-22-8-4-3-5-9-22/h3-5,8-11,20,23H,1-2,6-7,12-19,21H2. The minimum Gasteiger partial charge on any atom is -0.339 e. The number of hydrogen-bond donors (Lipinski definition) is 0. The van der Waals surface area contributed by atoms with Crippen LogP contribution >= 0.6 is 0 Å². The maximum atomic E-state index is 13.2. The third-order valence-corrected chi connectivity index (χ3v) is 7.80. The molecule has 35 heavy (non-hydrogen) atoms. The summed E-state index contributed by atoms with van der Waals surface area (Å²) in [5.41, 5.74) is 2.33. The molecule has 0 unspecified atom stereocenters. The predicted octanol–water partition coefficient (Wildman–Crippen LogP) is 4.25. The summed E-state index contributed by atoms with van der Waals surface area (Å²) in [7, 11) is 0. The Morgan fingerprint density at radius 2 is 1.49 bits per heavy atom. The molecular weight excluding hydrogens is 438 g/mol. The molecule has 0 aliphatic carbocycles. The molecule has 0 spiro atoms. The predicted molar refractivity (Wildman–Crippen MR) is 135 cm³/mol. The summed E-state index contributed by atoms with van der Waals surface area (Å²) in [6.45, 7) is 5.42. The Bertz CT molecular complexity index is 1070. The largest absolute Gasteiger partial charge is 0.339 e. The Kier molecular flexibility index (Phi) is 7.28. The molecule has 0 radical (unpaired) electrons. The number of likely N-dealkylation sites (tertiary alicyclic amines) is 2. The average Bonchev–Trinajstić information content (AvgIpc) is 3.05. The summed E-state index contributed by atoms with van der Waals surface area (Å²) in [5, 5.41) is 0. The maximum Gasteiger partial charge on any atom is 0.261 e.